The molecule has 0 fully saturated rings. The predicted molar refractivity (Wildman–Crippen MR) is 66.4 cm³/mol. The molecule has 1 aromatic rings. The quantitative estimate of drug-likeness (QED) is 0.708. The van der Waals surface area contributed by atoms with E-state index in [-0.39, 0.29) is 11.7 Å². The number of ketones is 1. The highest BCUT2D eigenvalue weighted by Crippen LogP contribution is 2.19. The van der Waals surface area contributed by atoms with Gasteiger partial charge in [-0.05, 0) is 36.8 Å². The Kier molecular flexibility index (Phi) is 4.89. The van der Waals surface area contributed by atoms with Crippen LogP contribution in [0.1, 0.15) is 26.3 Å². The molecule has 0 aliphatic rings. The van der Waals surface area contributed by atoms with Crippen molar-refractivity contribution in [2.45, 2.75) is 32.1 Å². The number of thioether (sulfide) groups is 1. The zero-order valence-electron chi connectivity index (χ0n) is 9.62. The second kappa shape index (κ2) is 5.96. The Hall–Kier alpha value is -0.760. The molecule has 82 valence electrons. The Morgan fingerprint density at radius 2 is 1.93 bits per heavy atom. The van der Waals surface area contributed by atoms with E-state index in [0.717, 1.165) is 12.2 Å². The van der Waals surface area contributed by atoms with Gasteiger partial charge >= 0.3 is 0 Å². The topological polar surface area (TPSA) is 17.1 Å². The predicted octanol–water partition coefficient (Wildman–Crippen LogP) is 3.57. The molecule has 2 heteroatoms. The lowest BCUT2D eigenvalue weighted by Crippen LogP contribution is -2.09. The summed E-state index contributed by atoms with van der Waals surface area (Å²) in [5, 5.41) is 0. The third-order valence-electron chi connectivity index (χ3n) is 2.47. The Morgan fingerprint density at radius 1 is 1.33 bits per heavy atom. The SMILES string of the molecule is CCSc1ccc(CC(C)C(C)=O)cc1. The number of carbonyl (C=O) groups is 1. The molecule has 0 aromatic heterocycles. The van der Waals surface area contributed by atoms with Crippen LogP contribution in [0, 0.1) is 5.92 Å². The van der Waals surface area contributed by atoms with Crippen LogP contribution in [0.3, 0.4) is 0 Å². The number of Topliss-reactive ketones (excluding diaryl/α,β-unsaturated/α-hetero) is 1. The van der Waals surface area contributed by atoms with Crippen LogP contribution < -0.4 is 0 Å². The van der Waals surface area contributed by atoms with Crippen molar-refractivity contribution in [1.29, 1.82) is 0 Å². The van der Waals surface area contributed by atoms with Gasteiger partial charge in [-0.15, -0.1) is 11.8 Å². The van der Waals surface area contributed by atoms with E-state index in [1.54, 1.807) is 6.92 Å². The molecular formula is C13H18OS. The average molecular weight is 222 g/mol. The Morgan fingerprint density at radius 3 is 2.40 bits per heavy atom. The summed E-state index contributed by atoms with van der Waals surface area (Å²) < 4.78 is 0. The smallest absolute Gasteiger partial charge is 0.132 e. The van der Waals surface area contributed by atoms with Crippen LogP contribution in [0.4, 0.5) is 0 Å². The largest absolute Gasteiger partial charge is 0.300 e. The van der Waals surface area contributed by atoms with Gasteiger partial charge in [0.05, 0.1) is 0 Å². The molecule has 0 aliphatic carbocycles. The molecule has 0 bridgehead atoms. The van der Waals surface area contributed by atoms with Crippen LogP contribution in [0.5, 0.6) is 0 Å². The molecule has 0 saturated heterocycles. The lowest BCUT2D eigenvalue weighted by atomic mass is 9.98. The van der Waals surface area contributed by atoms with Crippen molar-refractivity contribution in [1.82, 2.24) is 0 Å². The Balaban J connectivity index is 2.60. The molecule has 0 saturated carbocycles. The highest BCUT2D eigenvalue weighted by atomic mass is 32.2. The second-order valence-corrected chi connectivity index (χ2v) is 5.13. The maximum atomic E-state index is 11.1. The van der Waals surface area contributed by atoms with Crippen LogP contribution in [0.15, 0.2) is 29.2 Å². The molecular weight excluding hydrogens is 204 g/mol. The van der Waals surface area contributed by atoms with Crippen molar-refractivity contribution in [3.8, 4) is 0 Å². The lowest BCUT2D eigenvalue weighted by Gasteiger charge is -2.07. The molecule has 0 spiro atoms. The van der Waals surface area contributed by atoms with E-state index in [4.69, 9.17) is 0 Å². The fourth-order valence-corrected chi connectivity index (χ4v) is 2.05. The number of rotatable bonds is 5. The van der Waals surface area contributed by atoms with Crippen LogP contribution >= 0.6 is 11.8 Å². The monoisotopic (exact) mass is 222 g/mol. The van der Waals surface area contributed by atoms with E-state index < -0.39 is 0 Å². The van der Waals surface area contributed by atoms with Crippen LogP contribution in [-0.4, -0.2) is 11.5 Å². The van der Waals surface area contributed by atoms with Gasteiger partial charge in [0, 0.05) is 10.8 Å². The summed E-state index contributed by atoms with van der Waals surface area (Å²) in [4.78, 5) is 12.4. The number of benzene rings is 1. The van der Waals surface area contributed by atoms with Crippen molar-refractivity contribution in [3.63, 3.8) is 0 Å². The summed E-state index contributed by atoms with van der Waals surface area (Å²) in [7, 11) is 0. The first-order valence-electron chi connectivity index (χ1n) is 5.35. The first kappa shape index (κ1) is 12.3. The average Bonchev–Trinajstić information content (AvgIpc) is 2.21. The fourth-order valence-electron chi connectivity index (χ4n) is 1.39. The van der Waals surface area contributed by atoms with Gasteiger partial charge in [0.25, 0.3) is 0 Å². The van der Waals surface area contributed by atoms with Crippen LogP contribution in [0.25, 0.3) is 0 Å². The van der Waals surface area contributed by atoms with Crippen LogP contribution in [0.2, 0.25) is 0 Å². The van der Waals surface area contributed by atoms with Gasteiger partial charge in [0.15, 0.2) is 0 Å². The first-order valence-corrected chi connectivity index (χ1v) is 6.34. The molecule has 0 heterocycles. The molecule has 0 aliphatic heterocycles. The highest BCUT2D eigenvalue weighted by molar-refractivity contribution is 7.99. The molecule has 0 N–H and O–H groups in total. The van der Waals surface area contributed by atoms with E-state index in [1.165, 1.54) is 10.5 Å². The van der Waals surface area contributed by atoms with E-state index in [2.05, 4.69) is 31.2 Å². The lowest BCUT2D eigenvalue weighted by molar-refractivity contribution is -0.120. The normalized spacial score (nSPS) is 12.5. The number of carbonyl (C=O) groups excluding carboxylic acids is 1. The molecule has 0 radical (unpaired) electrons. The van der Waals surface area contributed by atoms with Gasteiger partial charge in [-0.2, -0.15) is 0 Å². The zero-order chi connectivity index (χ0) is 11.3. The first-order chi connectivity index (χ1) is 7.13. The maximum Gasteiger partial charge on any atom is 0.132 e. The zero-order valence-corrected chi connectivity index (χ0v) is 10.4. The third-order valence-corrected chi connectivity index (χ3v) is 3.36. The number of hydrogen-bond acceptors (Lipinski definition) is 2. The van der Waals surface area contributed by atoms with Crippen molar-refractivity contribution in [3.05, 3.63) is 29.8 Å². The molecule has 1 aromatic carbocycles. The summed E-state index contributed by atoms with van der Waals surface area (Å²) >= 11 is 1.84. The van der Waals surface area contributed by atoms with Crippen LogP contribution in [-0.2, 0) is 11.2 Å². The summed E-state index contributed by atoms with van der Waals surface area (Å²) in [6.07, 6.45) is 0.854. The Bertz CT molecular complexity index is 316. The molecule has 15 heavy (non-hydrogen) atoms. The maximum absolute atomic E-state index is 11.1. The molecule has 1 rings (SSSR count). The van der Waals surface area contributed by atoms with E-state index in [9.17, 15) is 4.79 Å². The van der Waals surface area contributed by atoms with Crippen molar-refractivity contribution < 1.29 is 4.79 Å². The van der Waals surface area contributed by atoms with Gasteiger partial charge < -0.3 is 0 Å². The van der Waals surface area contributed by atoms with Crippen molar-refractivity contribution >= 4 is 17.5 Å². The second-order valence-electron chi connectivity index (χ2n) is 3.79. The van der Waals surface area contributed by atoms with Gasteiger partial charge in [0.1, 0.15) is 5.78 Å². The van der Waals surface area contributed by atoms with Gasteiger partial charge in [0.2, 0.25) is 0 Å². The minimum absolute atomic E-state index is 0.134. The highest BCUT2D eigenvalue weighted by Gasteiger charge is 2.08. The number of hydrogen-bond donors (Lipinski definition) is 0. The van der Waals surface area contributed by atoms with E-state index in [0.29, 0.717) is 0 Å². The Labute approximate surface area is 96.3 Å². The molecule has 1 unspecified atom stereocenters. The van der Waals surface area contributed by atoms with Crippen molar-refractivity contribution in [2.24, 2.45) is 5.92 Å². The third kappa shape index (κ3) is 4.08. The van der Waals surface area contributed by atoms with E-state index >= 15 is 0 Å². The summed E-state index contributed by atoms with van der Waals surface area (Å²) in [6.45, 7) is 5.79. The summed E-state index contributed by atoms with van der Waals surface area (Å²) in [6, 6.07) is 8.52. The minimum Gasteiger partial charge on any atom is -0.300 e. The molecule has 1 nitrogen and oxygen atoms in total. The molecule has 0 amide bonds. The minimum atomic E-state index is 0.134. The van der Waals surface area contributed by atoms with Gasteiger partial charge in [-0.1, -0.05) is 26.0 Å². The fraction of sp³-hybridized carbons (Fsp3) is 0.462. The summed E-state index contributed by atoms with van der Waals surface area (Å²) in [5.41, 5.74) is 1.25. The van der Waals surface area contributed by atoms with Gasteiger partial charge in [-0.25, -0.2) is 0 Å². The van der Waals surface area contributed by atoms with E-state index in [1.807, 2.05) is 18.7 Å². The summed E-state index contributed by atoms with van der Waals surface area (Å²) in [5.74, 6) is 1.50. The van der Waals surface area contributed by atoms with Gasteiger partial charge in [-0.3, -0.25) is 4.79 Å². The molecule has 1 atom stereocenters. The van der Waals surface area contributed by atoms with Crippen molar-refractivity contribution in [2.75, 3.05) is 5.75 Å². The standard InChI is InChI=1S/C13H18OS/c1-4-15-13-7-5-12(6-8-13)9-10(2)11(3)14/h5-8,10H,4,9H2,1-3H3.